The maximum atomic E-state index is 13.1. The first kappa shape index (κ1) is 28.3. The van der Waals surface area contributed by atoms with Crippen LogP contribution in [0.5, 0.6) is 0 Å². The van der Waals surface area contributed by atoms with Gasteiger partial charge in [0.2, 0.25) is 5.95 Å². The maximum absolute atomic E-state index is 13.1. The predicted octanol–water partition coefficient (Wildman–Crippen LogP) is 7.76. The zero-order chi connectivity index (χ0) is 26.7. The Hall–Kier alpha value is -2.93. The average Bonchev–Trinajstić information content (AvgIpc) is 2.66. The van der Waals surface area contributed by atoms with Gasteiger partial charge in [-0.3, -0.25) is 0 Å². The van der Waals surface area contributed by atoms with Crippen LogP contribution in [0.1, 0.15) is 72.1 Å². The molecule has 0 unspecified atom stereocenters. The standard InChI is InChI=1S/C27H36ClN3O4/c1-16(2)14-15-19-13-11-12-17(3)20(19)21-18(4)22(28)30-23(29-21)31(24(32)34-26(5,6)7)25(33)35-27(8,9)10/h11-16H,1-10H3/b15-14+. The monoisotopic (exact) mass is 501 g/mol. The van der Waals surface area contributed by atoms with Crippen LogP contribution in [-0.2, 0) is 9.47 Å². The van der Waals surface area contributed by atoms with Crippen LogP contribution < -0.4 is 4.90 Å². The third kappa shape index (κ3) is 7.79. The molecule has 8 heteroatoms. The Kier molecular flexibility index (Phi) is 8.71. The molecule has 0 fully saturated rings. The van der Waals surface area contributed by atoms with E-state index in [4.69, 9.17) is 21.1 Å². The largest absolute Gasteiger partial charge is 0.443 e. The highest BCUT2D eigenvalue weighted by molar-refractivity contribution is 6.30. The fourth-order valence-corrected chi connectivity index (χ4v) is 3.29. The van der Waals surface area contributed by atoms with Gasteiger partial charge in [0.05, 0.1) is 5.69 Å². The molecule has 2 rings (SSSR count). The molecule has 1 aromatic carbocycles. The minimum absolute atomic E-state index is 0.115. The van der Waals surface area contributed by atoms with Gasteiger partial charge in [-0.2, -0.15) is 4.98 Å². The summed E-state index contributed by atoms with van der Waals surface area (Å²) in [6.07, 6.45) is 2.21. The number of ether oxygens (including phenoxy) is 2. The summed E-state index contributed by atoms with van der Waals surface area (Å²) < 4.78 is 10.9. The number of aryl methyl sites for hydroxylation is 1. The van der Waals surface area contributed by atoms with Crippen molar-refractivity contribution in [3.63, 3.8) is 0 Å². The van der Waals surface area contributed by atoms with Gasteiger partial charge >= 0.3 is 12.2 Å². The number of hydrogen-bond acceptors (Lipinski definition) is 6. The Morgan fingerprint density at radius 1 is 0.971 bits per heavy atom. The molecule has 1 heterocycles. The van der Waals surface area contributed by atoms with Crippen molar-refractivity contribution in [2.75, 3.05) is 4.90 Å². The summed E-state index contributed by atoms with van der Waals surface area (Å²) >= 11 is 6.52. The number of benzene rings is 1. The van der Waals surface area contributed by atoms with Gasteiger partial charge in [0.1, 0.15) is 16.4 Å². The number of nitrogens with zero attached hydrogens (tertiary/aromatic N) is 3. The molecule has 0 aliphatic carbocycles. The SMILES string of the molecule is Cc1cccc(/C=C/C(C)C)c1-c1nc(N(C(=O)OC(C)(C)C)C(=O)OC(C)(C)C)nc(Cl)c1C. The molecule has 0 aliphatic heterocycles. The molecule has 0 atom stereocenters. The molecule has 0 bridgehead atoms. The minimum Gasteiger partial charge on any atom is -0.443 e. The van der Waals surface area contributed by atoms with Crippen molar-refractivity contribution in [3.8, 4) is 11.3 Å². The Balaban J connectivity index is 2.76. The summed E-state index contributed by atoms with van der Waals surface area (Å²) in [4.78, 5) is 35.8. The van der Waals surface area contributed by atoms with E-state index < -0.39 is 23.4 Å². The van der Waals surface area contributed by atoms with Crippen LogP contribution in [0.3, 0.4) is 0 Å². The van der Waals surface area contributed by atoms with Crippen LogP contribution in [0.4, 0.5) is 15.5 Å². The molecule has 2 aromatic rings. The predicted molar refractivity (Wildman–Crippen MR) is 141 cm³/mol. The number of amides is 2. The number of carbonyl (C=O) groups is 2. The van der Waals surface area contributed by atoms with E-state index >= 15 is 0 Å². The molecule has 0 saturated carbocycles. The molecule has 0 radical (unpaired) electrons. The van der Waals surface area contributed by atoms with Crippen molar-refractivity contribution < 1.29 is 19.1 Å². The summed E-state index contributed by atoms with van der Waals surface area (Å²) in [5.74, 6) is 0.130. The van der Waals surface area contributed by atoms with Gasteiger partial charge in [-0.15, -0.1) is 4.90 Å². The lowest BCUT2D eigenvalue weighted by Gasteiger charge is -2.28. The van der Waals surface area contributed by atoms with Crippen LogP contribution in [0.25, 0.3) is 17.3 Å². The number of halogens is 1. The minimum atomic E-state index is -0.956. The first-order valence-corrected chi connectivity index (χ1v) is 12.0. The van der Waals surface area contributed by atoms with Crippen LogP contribution >= 0.6 is 11.6 Å². The van der Waals surface area contributed by atoms with E-state index in [1.165, 1.54) is 0 Å². The number of anilines is 1. The molecule has 0 spiro atoms. The molecule has 190 valence electrons. The highest BCUT2D eigenvalue weighted by atomic mass is 35.5. The first-order valence-electron chi connectivity index (χ1n) is 11.6. The zero-order valence-corrected chi connectivity index (χ0v) is 23.1. The lowest BCUT2D eigenvalue weighted by atomic mass is 9.95. The van der Waals surface area contributed by atoms with Crippen molar-refractivity contribution in [2.45, 2.75) is 80.4 Å². The fourth-order valence-electron chi connectivity index (χ4n) is 3.12. The fraction of sp³-hybridized carbons (Fsp3) is 0.481. The second kappa shape index (κ2) is 10.8. The van der Waals surface area contributed by atoms with Gasteiger partial charge in [-0.05, 0) is 72.4 Å². The van der Waals surface area contributed by atoms with E-state index in [1.54, 1.807) is 48.5 Å². The van der Waals surface area contributed by atoms with Crippen molar-refractivity contribution in [3.05, 3.63) is 46.1 Å². The number of hydrogen-bond donors (Lipinski definition) is 0. The van der Waals surface area contributed by atoms with E-state index in [1.807, 2.05) is 31.2 Å². The summed E-state index contributed by atoms with van der Waals surface area (Å²) in [6.45, 7) is 18.2. The number of allylic oxidation sites excluding steroid dienone is 1. The summed E-state index contributed by atoms with van der Waals surface area (Å²) in [5.41, 5.74) is 2.14. The second-order valence-electron chi connectivity index (χ2n) is 10.7. The molecule has 0 saturated heterocycles. The van der Waals surface area contributed by atoms with Crippen LogP contribution in [0, 0.1) is 19.8 Å². The molecule has 1 aromatic heterocycles. The molecule has 2 amide bonds. The van der Waals surface area contributed by atoms with Crippen molar-refractivity contribution in [1.29, 1.82) is 0 Å². The number of aromatic nitrogens is 2. The highest BCUT2D eigenvalue weighted by Crippen LogP contribution is 2.34. The quantitative estimate of drug-likeness (QED) is 0.398. The number of carbonyl (C=O) groups excluding carboxylic acids is 2. The molecule has 0 N–H and O–H groups in total. The Labute approximate surface area is 213 Å². The second-order valence-corrected chi connectivity index (χ2v) is 11.1. The van der Waals surface area contributed by atoms with Crippen LogP contribution in [0.2, 0.25) is 5.15 Å². The molecule has 35 heavy (non-hydrogen) atoms. The van der Waals surface area contributed by atoms with Crippen LogP contribution in [0.15, 0.2) is 24.3 Å². The smallest absolute Gasteiger partial charge is 0.427 e. The van der Waals surface area contributed by atoms with E-state index in [2.05, 4.69) is 29.9 Å². The van der Waals surface area contributed by atoms with E-state index in [0.717, 1.165) is 16.7 Å². The van der Waals surface area contributed by atoms with Gasteiger partial charge in [-0.25, -0.2) is 14.6 Å². The van der Waals surface area contributed by atoms with Crippen molar-refractivity contribution >= 4 is 35.8 Å². The van der Waals surface area contributed by atoms with Gasteiger partial charge < -0.3 is 9.47 Å². The number of imide groups is 1. The third-order valence-electron chi connectivity index (χ3n) is 4.63. The molecular weight excluding hydrogens is 466 g/mol. The normalized spacial score (nSPS) is 12.2. The van der Waals surface area contributed by atoms with Gasteiger partial charge in [0.15, 0.2) is 0 Å². The van der Waals surface area contributed by atoms with Gasteiger partial charge in [0.25, 0.3) is 0 Å². The topological polar surface area (TPSA) is 81.6 Å². The lowest BCUT2D eigenvalue weighted by molar-refractivity contribution is 0.0427. The lowest BCUT2D eigenvalue weighted by Crippen LogP contribution is -2.44. The first-order chi connectivity index (χ1) is 16.0. The van der Waals surface area contributed by atoms with E-state index in [-0.39, 0.29) is 11.1 Å². The Morgan fingerprint density at radius 3 is 2.00 bits per heavy atom. The van der Waals surface area contributed by atoms with Gasteiger partial charge in [0, 0.05) is 11.1 Å². The molecule has 7 nitrogen and oxygen atoms in total. The Morgan fingerprint density at radius 2 is 1.51 bits per heavy atom. The van der Waals surface area contributed by atoms with Crippen LogP contribution in [-0.4, -0.2) is 33.4 Å². The summed E-state index contributed by atoms with van der Waals surface area (Å²) in [7, 11) is 0. The van der Waals surface area contributed by atoms with E-state index in [9.17, 15) is 9.59 Å². The summed E-state index contributed by atoms with van der Waals surface area (Å²) in [5, 5.41) is 0.115. The Bertz CT molecular complexity index is 1100. The third-order valence-corrected chi connectivity index (χ3v) is 5.00. The maximum Gasteiger partial charge on any atom is 0.427 e. The molecule has 0 aliphatic rings. The van der Waals surface area contributed by atoms with Gasteiger partial charge in [-0.1, -0.05) is 55.8 Å². The summed E-state index contributed by atoms with van der Waals surface area (Å²) in [6, 6.07) is 5.91. The van der Waals surface area contributed by atoms with Crippen molar-refractivity contribution in [1.82, 2.24) is 9.97 Å². The van der Waals surface area contributed by atoms with E-state index in [0.29, 0.717) is 22.1 Å². The highest BCUT2D eigenvalue weighted by Gasteiger charge is 2.35. The number of rotatable bonds is 4. The zero-order valence-electron chi connectivity index (χ0n) is 22.3. The molecular formula is C27H36ClN3O4. The van der Waals surface area contributed by atoms with Crippen molar-refractivity contribution in [2.24, 2.45) is 5.92 Å². The average molecular weight is 502 g/mol.